The van der Waals surface area contributed by atoms with Gasteiger partial charge in [-0.1, -0.05) is 95.3 Å². The lowest BCUT2D eigenvalue weighted by molar-refractivity contribution is -0.138. The molecule has 0 amide bonds. The number of aliphatic carboxylic acids is 1. The Bertz CT molecular complexity index is 1250. The summed E-state index contributed by atoms with van der Waals surface area (Å²) in [7, 11) is 0. The third kappa shape index (κ3) is 6.19. The molecule has 38 heavy (non-hydrogen) atoms. The lowest BCUT2D eigenvalue weighted by Crippen LogP contribution is -2.27. The Morgan fingerprint density at radius 2 is 1.42 bits per heavy atom. The summed E-state index contributed by atoms with van der Waals surface area (Å²) in [6.07, 6.45) is 3.30. The van der Waals surface area contributed by atoms with Crippen LogP contribution in [0.1, 0.15) is 93.3 Å². The minimum atomic E-state index is -1.03. The largest absolute Gasteiger partial charge is 0.480 e. The van der Waals surface area contributed by atoms with Crippen molar-refractivity contribution in [1.82, 2.24) is 0 Å². The van der Waals surface area contributed by atoms with Crippen molar-refractivity contribution in [3.8, 4) is 11.1 Å². The van der Waals surface area contributed by atoms with E-state index < -0.39 is 12.0 Å². The van der Waals surface area contributed by atoms with Crippen molar-refractivity contribution in [1.29, 1.82) is 0 Å². The zero-order chi connectivity index (χ0) is 28.3. The van der Waals surface area contributed by atoms with Crippen molar-refractivity contribution < 1.29 is 15.0 Å². The molecule has 1 unspecified atom stereocenters. The topological polar surface area (TPSA) is 83.5 Å². The molecule has 0 heterocycles. The number of aryl methyl sites for hydroxylation is 3. The molecular weight excluding hydrogens is 470 g/mol. The zero-order valence-electron chi connectivity index (χ0n) is 24.1. The number of aliphatic hydroxyl groups is 1. The summed E-state index contributed by atoms with van der Waals surface area (Å²) in [5.74, 6) is -1.03. The fourth-order valence-corrected chi connectivity index (χ4v) is 5.53. The van der Waals surface area contributed by atoms with Crippen molar-refractivity contribution >= 4 is 5.97 Å². The Kier molecular flexibility index (Phi) is 9.22. The molecule has 0 saturated carbocycles. The average Bonchev–Trinajstić information content (AvgIpc) is 2.88. The van der Waals surface area contributed by atoms with Gasteiger partial charge in [-0.3, -0.25) is 4.79 Å². The summed E-state index contributed by atoms with van der Waals surface area (Å²) < 4.78 is 0. The Labute approximate surface area is 228 Å². The molecule has 0 aromatic heterocycles. The third-order valence-corrected chi connectivity index (χ3v) is 8.41. The Balaban J connectivity index is 1.91. The van der Waals surface area contributed by atoms with Crippen LogP contribution in [-0.4, -0.2) is 22.3 Å². The summed E-state index contributed by atoms with van der Waals surface area (Å²) in [6, 6.07) is 20.1. The van der Waals surface area contributed by atoms with Crippen LogP contribution in [0.2, 0.25) is 0 Å². The predicted octanol–water partition coefficient (Wildman–Crippen LogP) is 7.50. The highest BCUT2D eigenvalue weighted by atomic mass is 16.4. The van der Waals surface area contributed by atoms with E-state index in [1.54, 1.807) is 12.1 Å². The van der Waals surface area contributed by atoms with Gasteiger partial charge in [-0.05, 0) is 89.5 Å². The molecule has 4 N–H and O–H groups in total. The molecule has 0 aliphatic heterocycles. The number of hydrogen-bond acceptors (Lipinski definition) is 3. The van der Waals surface area contributed by atoms with E-state index in [1.807, 2.05) is 12.1 Å². The molecule has 4 heteroatoms. The lowest BCUT2D eigenvalue weighted by Gasteiger charge is -2.34. The van der Waals surface area contributed by atoms with E-state index in [0.717, 1.165) is 36.8 Å². The maximum Gasteiger partial charge on any atom is 0.325 e. The molecule has 0 bridgehead atoms. The molecule has 0 aliphatic carbocycles. The number of carboxylic acid groups (broad SMARTS) is 1. The zero-order valence-corrected chi connectivity index (χ0v) is 24.1. The third-order valence-electron chi connectivity index (χ3n) is 8.41. The lowest BCUT2D eigenvalue weighted by atomic mass is 9.69. The van der Waals surface area contributed by atoms with E-state index in [0.29, 0.717) is 5.56 Å². The molecule has 0 fully saturated rings. The van der Waals surface area contributed by atoms with Gasteiger partial charge in [0, 0.05) is 5.41 Å². The molecule has 3 aromatic rings. The van der Waals surface area contributed by atoms with Gasteiger partial charge in [0.2, 0.25) is 0 Å². The van der Waals surface area contributed by atoms with E-state index >= 15 is 0 Å². The van der Waals surface area contributed by atoms with Crippen molar-refractivity contribution in [2.45, 2.75) is 91.7 Å². The molecule has 2 atom stereocenters. The Morgan fingerprint density at radius 1 is 0.868 bits per heavy atom. The van der Waals surface area contributed by atoms with Gasteiger partial charge in [0.25, 0.3) is 0 Å². The van der Waals surface area contributed by atoms with Crippen LogP contribution < -0.4 is 5.73 Å². The molecule has 0 saturated heterocycles. The molecule has 3 rings (SSSR count). The molecule has 0 radical (unpaired) electrons. The van der Waals surface area contributed by atoms with Crippen LogP contribution in [0.15, 0.2) is 60.7 Å². The minimum Gasteiger partial charge on any atom is -0.480 e. The molecule has 204 valence electrons. The van der Waals surface area contributed by atoms with E-state index in [-0.39, 0.29) is 16.9 Å². The first-order valence-electron chi connectivity index (χ1n) is 13.8. The number of nitrogens with two attached hydrogens (primary N) is 1. The van der Waals surface area contributed by atoms with Crippen molar-refractivity contribution in [2.24, 2.45) is 11.1 Å². The first-order chi connectivity index (χ1) is 17.8. The summed E-state index contributed by atoms with van der Waals surface area (Å²) in [6.45, 7) is 15.1. The SMILES string of the molecule is CCC(CC)(c1ccc(CCC(O)C(C)(C)C)c(C)c1)c1ccc(-c2ccc([C@H](N)C(=O)O)cc2)c(C)c1. The highest BCUT2D eigenvalue weighted by Crippen LogP contribution is 2.41. The van der Waals surface area contributed by atoms with Crippen LogP contribution in [0.5, 0.6) is 0 Å². The van der Waals surface area contributed by atoms with Crippen LogP contribution in [0.25, 0.3) is 11.1 Å². The first kappa shape index (κ1) is 29.6. The minimum absolute atomic E-state index is 0.0877. The van der Waals surface area contributed by atoms with E-state index in [4.69, 9.17) is 5.73 Å². The maximum atomic E-state index is 11.2. The standard InChI is InChI=1S/C34H45NO3/c1-8-34(9-2,27-16-14-24(22(3)20-27)15-19-30(36)33(5,6)7)28-17-18-29(23(4)21-28)25-10-12-26(13-11-25)31(35)32(37)38/h10-14,16-18,20-21,30-31,36H,8-9,15,19,35H2,1-7H3,(H,37,38)/t30?,31-/m0/s1. The van der Waals surface area contributed by atoms with Crippen LogP contribution >= 0.6 is 0 Å². The fourth-order valence-electron chi connectivity index (χ4n) is 5.53. The fraction of sp³-hybridized carbons (Fsp3) is 0.441. The van der Waals surface area contributed by atoms with Gasteiger partial charge in [0.15, 0.2) is 0 Å². The summed E-state index contributed by atoms with van der Waals surface area (Å²) in [5, 5.41) is 19.7. The highest BCUT2D eigenvalue weighted by molar-refractivity contribution is 5.76. The van der Waals surface area contributed by atoms with E-state index in [1.165, 1.54) is 27.8 Å². The summed E-state index contributed by atoms with van der Waals surface area (Å²) >= 11 is 0. The second-order valence-corrected chi connectivity index (χ2v) is 11.8. The molecule has 3 aromatic carbocycles. The number of carbonyl (C=O) groups is 1. The highest BCUT2D eigenvalue weighted by Gasteiger charge is 2.31. The Morgan fingerprint density at radius 3 is 1.89 bits per heavy atom. The number of rotatable bonds is 10. The summed E-state index contributed by atoms with van der Waals surface area (Å²) in [5.41, 5.74) is 14.8. The van der Waals surface area contributed by atoms with Crippen LogP contribution in [0, 0.1) is 19.3 Å². The van der Waals surface area contributed by atoms with Gasteiger partial charge in [0.1, 0.15) is 6.04 Å². The molecule has 0 aliphatic rings. The van der Waals surface area contributed by atoms with Gasteiger partial charge in [-0.15, -0.1) is 0 Å². The van der Waals surface area contributed by atoms with Gasteiger partial charge in [-0.25, -0.2) is 0 Å². The molecule has 0 spiro atoms. The van der Waals surface area contributed by atoms with Gasteiger partial charge in [0.05, 0.1) is 6.10 Å². The normalized spacial score (nSPS) is 13.8. The monoisotopic (exact) mass is 515 g/mol. The number of carboxylic acids is 1. The van der Waals surface area contributed by atoms with Crippen molar-refractivity contribution in [3.63, 3.8) is 0 Å². The predicted molar refractivity (Wildman–Crippen MR) is 158 cm³/mol. The number of hydrogen-bond donors (Lipinski definition) is 3. The maximum absolute atomic E-state index is 11.2. The van der Waals surface area contributed by atoms with Crippen molar-refractivity contribution in [3.05, 3.63) is 94.0 Å². The van der Waals surface area contributed by atoms with Crippen LogP contribution in [0.4, 0.5) is 0 Å². The number of benzene rings is 3. The van der Waals surface area contributed by atoms with Gasteiger partial charge < -0.3 is 15.9 Å². The first-order valence-corrected chi connectivity index (χ1v) is 13.8. The molecular formula is C34H45NO3. The molecule has 4 nitrogen and oxygen atoms in total. The van der Waals surface area contributed by atoms with Crippen LogP contribution in [-0.2, 0) is 16.6 Å². The number of aliphatic hydroxyl groups excluding tert-OH is 1. The van der Waals surface area contributed by atoms with Gasteiger partial charge in [-0.2, -0.15) is 0 Å². The average molecular weight is 516 g/mol. The van der Waals surface area contributed by atoms with E-state index in [2.05, 4.69) is 84.9 Å². The second-order valence-electron chi connectivity index (χ2n) is 11.8. The van der Waals surface area contributed by atoms with Crippen molar-refractivity contribution in [2.75, 3.05) is 0 Å². The quantitative estimate of drug-likeness (QED) is 0.261. The van der Waals surface area contributed by atoms with E-state index in [9.17, 15) is 15.0 Å². The summed E-state index contributed by atoms with van der Waals surface area (Å²) in [4.78, 5) is 11.2. The second kappa shape index (κ2) is 11.8. The van der Waals surface area contributed by atoms with Gasteiger partial charge >= 0.3 is 5.97 Å². The smallest absolute Gasteiger partial charge is 0.325 e. The Hall–Kier alpha value is -2.95. The van der Waals surface area contributed by atoms with Crippen LogP contribution in [0.3, 0.4) is 0 Å².